The average molecular weight is 339 g/mol. The summed E-state index contributed by atoms with van der Waals surface area (Å²) in [7, 11) is 0. The van der Waals surface area contributed by atoms with Gasteiger partial charge < -0.3 is 9.84 Å². The van der Waals surface area contributed by atoms with Crippen LogP contribution in [0, 0.1) is 10.1 Å². The number of rotatable bonds is 5. The molecule has 1 aromatic heterocycles. The molecule has 2 aromatic rings. The summed E-state index contributed by atoms with van der Waals surface area (Å²) in [5.41, 5.74) is 1.20. The van der Waals surface area contributed by atoms with Gasteiger partial charge >= 0.3 is 5.69 Å². The zero-order valence-corrected chi connectivity index (χ0v) is 11.9. The van der Waals surface area contributed by atoms with E-state index in [1.807, 2.05) is 6.07 Å². The molecule has 2 rings (SSSR count). The van der Waals surface area contributed by atoms with Crippen LogP contribution in [-0.2, 0) is 13.2 Å². The molecule has 6 nitrogen and oxygen atoms in total. The van der Waals surface area contributed by atoms with Crippen molar-refractivity contribution in [3.05, 3.63) is 62.4 Å². The van der Waals surface area contributed by atoms with E-state index in [1.165, 1.54) is 18.2 Å². The molecular weight excluding hydrogens is 328 g/mol. The van der Waals surface area contributed by atoms with Gasteiger partial charge in [0.1, 0.15) is 6.61 Å². The summed E-state index contributed by atoms with van der Waals surface area (Å²) in [5.74, 6) is 0.126. The monoisotopic (exact) mass is 338 g/mol. The lowest BCUT2D eigenvalue weighted by atomic mass is 10.2. The van der Waals surface area contributed by atoms with Crippen LogP contribution in [0.5, 0.6) is 5.75 Å². The first-order valence-electron chi connectivity index (χ1n) is 5.70. The molecule has 0 saturated heterocycles. The minimum Gasteiger partial charge on any atom is -0.482 e. The van der Waals surface area contributed by atoms with Crippen molar-refractivity contribution < 1.29 is 14.8 Å². The van der Waals surface area contributed by atoms with Crippen molar-refractivity contribution in [3.63, 3.8) is 0 Å². The lowest BCUT2D eigenvalue weighted by molar-refractivity contribution is -0.386. The van der Waals surface area contributed by atoms with Crippen LogP contribution >= 0.6 is 15.9 Å². The van der Waals surface area contributed by atoms with E-state index in [0.717, 1.165) is 10.0 Å². The summed E-state index contributed by atoms with van der Waals surface area (Å²) < 4.78 is 6.27. The van der Waals surface area contributed by atoms with Gasteiger partial charge in [0.2, 0.25) is 0 Å². The minimum absolute atomic E-state index is 0.126. The highest BCUT2D eigenvalue weighted by Gasteiger charge is 2.15. The molecule has 0 aliphatic rings. The van der Waals surface area contributed by atoms with Gasteiger partial charge in [0, 0.05) is 28.5 Å². The molecule has 0 bridgehead atoms. The van der Waals surface area contributed by atoms with Crippen LogP contribution in [0.3, 0.4) is 0 Å². The number of hydrogen-bond acceptors (Lipinski definition) is 5. The number of halogens is 1. The largest absolute Gasteiger partial charge is 0.482 e. The maximum atomic E-state index is 10.9. The zero-order valence-electron chi connectivity index (χ0n) is 10.3. The quantitative estimate of drug-likeness (QED) is 0.669. The van der Waals surface area contributed by atoms with E-state index >= 15 is 0 Å². The van der Waals surface area contributed by atoms with Gasteiger partial charge in [0.25, 0.3) is 0 Å². The molecule has 20 heavy (non-hydrogen) atoms. The van der Waals surface area contributed by atoms with Gasteiger partial charge in [-0.15, -0.1) is 0 Å². The van der Waals surface area contributed by atoms with Crippen LogP contribution in [0.15, 0.2) is 41.1 Å². The fourth-order valence-electron chi connectivity index (χ4n) is 1.62. The molecule has 7 heteroatoms. The molecule has 0 radical (unpaired) electrons. The van der Waals surface area contributed by atoms with Crippen molar-refractivity contribution in [1.29, 1.82) is 0 Å². The van der Waals surface area contributed by atoms with Crippen molar-refractivity contribution in [2.24, 2.45) is 0 Å². The predicted octanol–water partition coefficient (Wildman–Crippen LogP) is 2.82. The van der Waals surface area contributed by atoms with Crippen LogP contribution in [0.1, 0.15) is 11.1 Å². The number of nitrogens with zero attached hydrogens (tertiary/aromatic N) is 2. The van der Waals surface area contributed by atoms with Crippen molar-refractivity contribution in [2.75, 3.05) is 0 Å². The normalized spacial score (nSPS) is 10.3. The molecule has 1 aromatic carbocycles. The molecule has 0 aliphatic heterocycles. The molecule has 0 unspecified atom stereocenters. The smallest absolute Gasteiger partial charge is 0.310 e. The standard InChI is InChI=1S/C13H11BrN2O4/c14-11-3-10(5-15-6-11)8-20-13-4-9(7-17)1-2-12(13)16(18)19/h1-6,17H,7-8H2. The lowest BCUT2D eigenvalue weighted by Crippen LogP contribution is -2.00. The van der Waals surface area contributed by atoms with Crippen LogP contribution in [-0.4, -0.2) is 15.0 Å². The SMILES string of the molecule is O=[N+]([O-])c1ccc(CO)cc1OCc1cncc(Br)c1. The zero-order chi connectivity index (χ0) is 14.5. The van der Waals surface area contributed by atoms with Gasteiger partial charge in [-0.25, -0.2) is 0 Å². The Labute approximate surface area is 123 Å². The Balaban J connectivity index is 2.21. The second-order valence-electron chi connectivity index (χ2n) is 4.02. The molecule has 1 heterocycles. The summed E-state index contributed by atoms with van der Waals surface area (Å²) in [4.78, 5) is 14.4. The highest BCUT2D eigenvalue weighted by molar-refractivity contribution is 9.10. The lowest BCUT2D eigenvalue weighted by Gasteiger charge is -2.08. The van der Waals surface area contributed by atoms with E-state index in [1.54, 1.807) is 12.4 Å². The fraction of sp³-hybridized carbons (Fsp3) is 0.154. The number of hydrogen-bond donors (Lipinski definition) is 1. The molecule has 0 aliphatic carbocycles. The van der Waals surface area contributed by atoms with Gasteiger partial charge in [0.05, 0.1) is 11.5 Å². The third-order valence-electron chi connectivity index (χ3n) is 2.56. The molecule has 0 spiro atoms. The maximum absolute atomic E-state index is 10.9. The van der Waals surface area contributed by atoms with E-state index < -0.39 is 4.92 Å². The van der Waals surface area contributed by atoms with Gasteiger partial charge in [-0.2, -0.15) is 0 Å². The summed E-state index contributed by atoms with van der Waals surface area (Å²) in [5, 5.41) is 20.0. The molecule has 1 N–H and O–H groups in total. The van der Waals surface area contributed by atoms with Crippen molar-refractivity contribution in [2.45, 2.75) is 13.2 Å². The first-order valence-corrected chi connectivity index (χ1v) is 6.50. The number of ether oxygens (including phenoxy) is 1. The fourth-order valence-corrected chi connectivity index (χ4v) is 2.03. The Kier molecular flexibility index (Phi) is 4.65. The van der Waals surface area contributed by atoms with E-state index in [9.17, 15) is 10.1 Å². The molecule has 0 fully saturated rings. The Hall–Kier alpha value is -1.99. The Morgan fingerprint density at radius 1 is 1.30 bits per heavy atom. The van der Waals surface area contributed by atoms with Crippen molar-refractivity contribution in [3.8, 4) is 5.75 Å². The summed E-state index contributed by atoms with van der Waals surface area (Å²) >= 11 is 3.29. The summed E-state index contributed by atoms with van der Waals surface area (Å²) in [6, 6.07) is 6.09. The van der Waals surface area contributed by atoms with Crippen molar-refractivity contribution in [1.82, 2.24) is 4.98 Å². The third-order valence-corrected chi connectivity index (χ3v) is 2.99. The van der Waals surface area contributed by atoms with E-state index in [-0.39, 0.29) is 24.7 Å². The van der Waals surface area contributed by atoms with Crippen LogP contribution in [0.4, 0.5) is 5.69 Å². The van der Waals surface area contributed by atoms with Gasteiger partial charge in [-0.1, -0.05) is 0 Å². The molecule has 0 atom stereocenters. The highest BCUT2D eigenvalue weighted by atomic mass is 79.9. The number of aliphatic hydroxyl groups excluding tert-OH is 1. The van der Waals surface area contributed by atoms with Gasteiger partial charge in [-0.05, 0) is 39.7 Å². The maximum Gasteiger partial charge on any atom is 0.310 e. The molecule has 0 amide bonds. The Bertz CT molecular complexity index is 634. The molecular formula is C13H11BrN2O4. The van der Waals surface area contributed by atoms with Crippen LogP contribution < -0.4 is 4.74 Å². The van der Waals surface area contributed by atoms with Gasteiger partial charge in [-0.3, -0.25) is 15.1 Å². The minimum atomic E-state index is -0.518. The number of aromatic nitrogens is 1. The Morgan fingerprint density at radius 2 is 2.10 bits per heavy atom. The number of nitro benzene ring substituents is 1. The summed E-state index contributed by atoms with van der Waals surface area (Å²) in [6.45, 7) is -0.0467. The van der Waals surface area contributed by atoms with E-state index in [2.05, 4.69) is 20.9 Å². The van der Waals surface area contributed by atoms with Crippen LogP contribution in [0.2, 0.25) is 0 Å². The predicted molar refractivity (Wildman–Crippen MR) is 75.3 cm³/mol. The number of benzene rings is 1. The van der Waals surface area contributed by atoms with E-state index in [0.29, 0.717) is 5.56 Å². The molecule has 0 saturated carbocycles. The molecule has 104 valence electrons. The number of aliphatic hydroxyl groups is 1. The first-order chi connectivity index (χ1) is 9.60. The Morgan fingerprint density at radius 3 is 2.75 bits per heavy atom. The van der Waals surface area contributed by atoms with E-state index in [4.69, 9.17) is 9.84 Å². The van der Waals surface area contributed by atoms with Gasteiger partial charge in [0.15, 0.2) is 5.75 Å². The second-order valence-corrected chi connectivity index (χ2v) is 4.93. The van der Waals surface area contributed by atoms with Crippen LogP contribution in [0.25, 0.3) is 0 Å². The first kappa shape index (κ1) is 14.4. The number of pyridine rings is 1. The van der Waals surface area contributed by atoms with Crippen molar-refractivity contribution >= 4 is 21.6 Å². The average Bonchev–Trinajstić information content (AvgIpc) is 2.44. The summed E-state index contributed by atoms with van der Waals surface area (Å²) in [6.07, 6.45) is 3.25. The topological polar surface area (TPSA) is 85.5 Å². The second kappa shape index (κ2) is 6.44. The third kappa shape index (κ3) is 3.52. The highest BCUT2D eigenvalue weighted by Crippen LogP contribution is 2.28. The number of nitro groups is 1.